The number of aryl methyl sites for hydroxylation is 3. The molecule has 0 radical (unpaired) electrons. The fourth-order valence-electron chi connectivity index (χ4n) is 5.61. The van der Waals surface area contributed by atoms with Crippen molar-refractivity contribution in [3.63, 3.8) is 0 Å². The fourth-order valence-corrected chi connectivity index (χ4v) is 5.61. The first-order valence-corrected chi connectivity index (χ1v) is 14.5. The minimum atomic E-state index is -0.656. The zero-order chi connectivity index (χ0) is 30.8. The molecule has 0 aliphatic carbocycles. The second-order valence-electron chi connectivity index (χ2n) is 10.7. The van der Waals surface area contributed by atoms with E-state index in [9.17, 15) is 14.4 Å². The van der Waals surface area contributed by atoms with E-state index < -0.39 is 5.97 Å². The van der Waals surface area contributed by atoms with E-state index in [1.54, 1.807) is 42.5 Å². The standard InChI is InChI=1S/C38H30N2O4/c1-4-40-33-20-18-27(36(41)30-17-11-9-13-25(30)3)22-31(33)32-23-28(19-21-34(32)40)37(42)35(29-16-10-8-12-24(29)2)39-44-38(43)26-14-6-5-7-15-26/h5-23H,4H2,1-3H3/b39-35+. The van der Waals surface area contributed by atoms with Gasteiger partial charge in [-0.3, -0.25) is 9.59 Å². The molecule has 0 bridgehead atoms. The van der Waals surface area contributed by atoms with Crippen molar-refractivity contribution in [3.8, 4) is 0 Å². The van der Waals surface area contributed by atoms with Crippen LogP contribution in [-0.2, 0) is 11.4 Å². The molecule has 0 fully saturated rings. The monoisotopic (exact) mass is 578 g/mol. The fraction of sp³-hybridized carbons (Fsp3) is 0.105. The van der Waals surface area contributed by atoms with Gasteiger partial charge in [0.25, 0.3) is 0 Å². The summed E-state index contributed by atoms with van der Waals surface area (Å²) in [6.07, 6.45) is 0. The number of benzene rings is 5. The van der Waals surface area contributed by atoms with Crippen molar-refractivity contribution >= 4 is 45.1 Å². The van der Waals surface area contributed by atoms with Crippen LogP contribution in [0.3, 0.4) is 0 Å². The molecule has 6 aromatic rings. The van der Waals surface area contributed by atoms with Crippen LogP contribution < -0.4 is 0 Å². The molecule has 44 heavy (non-hydrogen) atoms. The van der Waals surface area contributed by atoms with Gasteiger partial charge in [0, 0.05) is 50.6 Å². The molecule has 0 saturated heterocycles. The quantitative estimate of drug-likeness (QED) is 0.0791. The minimum Gasteiger partial charge on any atom is -0.341 e. The number of nitrogens with zero attached hydrogens (tertiary/aromatic N) is 2. The maximum absolute atomic E-state index is 14.1. The number of aromatic nitrogens is 1. The minimum absolute atomic E-state index is 0.0291. The molecule has 0 atom stereocenters. The van der Waals surface area contributed by atoms with Crippen molar-refractivity contribution in [2.24, 2.45) is 5.16 Å². The van der Waals surface area contributed by atoms with Gasteiger partial charge in [0.05, 0.1) is 5.56 Å². The second kappa shape index (κ2) is 11.9. The van der Waals surface area contributed by atoms with Crippen molar-refractivity contribution in [1.29, 1.82) is 0 Å². The van der Waals surface area contributed by atoms with E-state index in [1.165, 1.54) is 0 Å². The summed E-state index contributed by atoms with van der Waals surface area (Å²) >= 11 is 0. The molecule has 5 aromatic carbocycles. The predicted octanol–water partition coefficient (Wildman–Crippen LogP) is 8.11. The van der Waals surface area contributed by atoms with Crippen LogP contribution in [0.5, 0.6) is 0 Å². The third-order valence-electron chi connectivity index (χ3n) is 7.94. The first-order chi connectivity index (χ1) is 21.4. The van der Waals surface area contributed by atoms with E-state index in [-0.39, 0.29) is 17.3 Å². The molecule has 1 aromatic heterocycles. The van der Waals surface area contributed by atoms with Crippen molar-refractivity contribution in [3.05, 3.63) is 154 Å². The number of hydrogen-bond acceptors (Lipinski definition) is 5. The lowest BCUT2D eigenvalue weighted by molar-refractivity contribution is 0.0516. The van der Waals surface area contributed by atoms with E-state index >= 15 is 0 Å². The number of Topliss-reactive ketones (excluding diaryl/α,β-unsaturated/α-hetero) is 1. The van der Waals surface area contributed by atoms with Gasteiger partial charge in [-0.1, -0.05) is 71.9 Å². The zero-order valence-electron chi connectivity index (χ0n) is 24.7. The van der Waals surface area contributed by atoms with Gasteiger partial charge < -0.3 is 9.40 Å². The number of hydrogen-bond donors (Lipinski definition) is 0. The van der Waals surface area contributed by atoms with Crippen molar-refractivity contribution in [1.82, 2.24) is 4.57 Å². The number of ketones is 2. The summed E-state index contributed by atoms with van der Waals surface area (Å²) in [5, 5.41) is 5.84. The number of oxime groups is 1. The smallest absolute Gasteiger partial charge is 0.341 e. The molecule has 6 heteroatoms. The first-order valence-electron chi connectivity index (χ1n) is 14.5. The molecule has 6 rings (SSSR count). The highest BCUT2D eigenvalue weighted by molar-refractivity contribution is 6.51. The number of carbonyl (C=O) groups excluding carboxylic acids is 3. The van der Waals surface area contributed by atoms with Crippen LogP contribution in [0.1, 0.15) is 60.3 Å². The van der Waals surface area contributed by atoms with Crippen LogP contribution in [0.2, 0.25) is 0 Å². The molecular formula is C38H30N2O4. The van der Waals surface area contributed by atoms with E-state index in [4.69, 9.17) is 4.84 Å². The Morgan fingerprint density at radius 2 is 1.18 bits per heavy atom. The SMILES string of the molecule is CCn1c2ccc(C(=O)/C(=N/OC(=O)c3ccccc3)c3ccccc3C)cc2c2cc(C(=O)c3ccccc3C)ccc21. The molecule has 0 unspecified atom stereocenters. The van der Waals surface area contributed by atoms with E-state index in [0.717, 1.165) is 32.9 Å². The summed E-state index contributed by atoms with van der Waals surface area (Å²) in [5.41, 5.74) is 6.21. The summed E-state index contributed by atoms with van der Waals surface area (Å²) in [5.74, 6) is -1.09. The summed E-state index contributed by atoms with van der Waals surface area (Å²) < 4.78 is 2.17. The van der Waals surface area contributed by atoms with Crippen LogP contribution in [0, 0.1) is 13.8 Å². The lowest BCUT2D eigenvalue weighted by Crippen LogP contribution is -2.18. The Morgan fingerprint density at radius 1 is 0.636 bits per heavy atom. The highest BCUT2D eigenvalue weighted by Gasteiger charge is 2.22. The van der Waals surface area contributed by atoms with Gasteiger partial charge in [0.15, 0.2) is 11.5 Å². The van der Waals surface area contributed by atoms with Gasteiger partial charge in [-0.05, 0) is 80.4 Å². The Kier molecular flexibility index (Phi) is 7.73. The van der Waals surface area contributed by atoms with Crippen LogP contribution in [0.15, 0.2) is 120 Å². The molecule has 0 aliphatic rings. The van der Waals surface area contributed by atoms with E-state index in [0.29, 0.717) is 34.4 Å². The van der Waals surface area contributed by atoms with Crippen molar-refractivity contribution in [2.75, 3.05) is 0 Å². The number of fused-ring (bicyclic) bond motifs is 3. The summed E-state index contributed by atoms with van der Waals surface area (Å²) in [6.45, 7) is 6.58. The van der Waals surface area contributed by atoms with E-state index in [1.807, 2.05) is 86.6 Å². The number of carbonyl (C=O) groups is 3. The Bertz CT molecular complexity index is 2100. The van der Waals surface area contributed by atoms with Crippen molar-refractivity contribution < 1.29 is 19.2 Å². The van der Waals surface area contributed by atoms with Crippen LogP contribution in [-0.4, -0.2) is 27.8 Å². The maximum atomic E-state index is 14.1. The third kappa shape index (κ3) is 5.22. The van der Waals surface area contributed by atoms with Crippen molar-refractivity contribution in [2.45, 2.75) is 27.3 Å². The molecule has 0 N–H and O–H groups in total. The Morgan fingerprint density at radius 3 is 1.80 bits per heavy atom. The predicted molar refractivity (Wildman–Crippen MR) is 174 cm³/mol. The highest BCUT2D eigenvalue weighted by Crippen LogP contribution is 2.32. The van der Waals surface area contributed by atoms with Gasteiger partial charge in [0.1, 0.15) is 0 Å². The average Bonchev–Trinajstić information content (AvgIpc) is 3.37. The molecule has 0 aliphatic heterocycles. The molecule has 0 saturated carbocycles. The van der Waals surface area contributed by atoms with Gasteiger partial charge in [0.2, 0.25) is 5.78 Å². The van der Waals surface area contributed by atoms with Gasteiger partial charge >= 0.3 is 5.97 Å². The highest BCUT2D eigenvalue weighted by atomic mass is 16.7. The average molecular weight is 579 g/mol. The number of rotatable bonds is 8. The molecule has 6 nitrogen and oxygen atoms in total. The lowest BCUT2D eigenvalue weighted by Gasteiger charge is -2.09. The topological polar surface area (TPSA) is 77.7 Å². The van der Waals surface area contributed by atoms with Crippen LogP contribution >= 0.6 is 0 Å². The zero-order valence-corrected chi connectivity index (χ0v) is 24.7. The lowest BCUT2D eigenvalue weighted by atomic mass is 9.95. The first kappa shape index (κ1) is 28.5. The van der Waals surface area contributed by atoms with Gasteiger partial charge in [-0.25, -0.2) is 4.79 Å². The molecular weight excluding hydrogens is 548 g/mol. The summed E-state index contributed by atoms with van der Waals surface area (Å²) in [6, 6.07) is 34.7. The molecule has 0 amide bonds. The Labute approximate surface area is 255 Å². The largest absolute Gasteiger partial charge is 0.365 e. The molecule has 0 spiro atoms. The third-order valence-corrected chi connectivity index (χ3v) is 7.94. The van der Waals surface area contributed by atoms with Crippen LogP contribution in [0.25, 0.3) is 21.8 Å². The maximum Gasteiger partial charge on any atom is 0.365 e. The second-order valence-corrected chi connectivity index (χ2v) is 10.7. The summed E-state index contributed by atoms with van der Waals surface area (Å²) in [4.78, 5) is 45.6. The normalized spacial score (nSPS) is 11.6. The van der Waals surface area contributed by atoms with E-state index in [2.05, 4.69) is 16.6 Å². The molecule has 1 heterocycles. The Balaban J connectivity index is 1.45. The Hall–Kier alpha value is -5.62. The van der Waals surface area contributed by atoms with Gasteiger partial charge in [-0.15, -0.1) is 0 Å². The van der Waals surface area contributed by atoms with Crippen LogP contribution in [0.4, 0.5) is 0 Å². The molecule has 216 valence electrons. The summed E-state index contributed by atoms with van der Waals surface area (Å²) in [7, 11) is 0. The van der Waals surface area contributed by atoms with Gasteiger partial charge in [-0.2, -0.15) is 0 Å².